The van der Waals surface area contributed by atoms with E-state index in [1.165, 1.54) is 4.90 Å². The van der Waals surface area contributed by atoms with Gasteiger partial charge in [-0.05, 0) is 51.8 Å². The van der Waals surface area contributed by atoms with Crippen LogP contribution in [0.4, 0.5) is 4.79 Å². The molecule has 0 spiro atoms. The monoisotopic (exact) mass is 367 g/mol. The first-order chi connectivity index (χ1) is 11.6. The lowest BCUT2D eigenvalue weighted by Gasteiger charge is -2.40. The Labute approximate surface area is 151 Å². The van der Waals surface area contributed by atoms with Crippen LogP contribution >= 0.6 is 11.6 Å². The van der Waals surface area contributed by atoms with Crippen molar-refractivity contribution in [3.05, 3.63) is 34.3 Å². The third kappa shape index (κ3) is 4.63. The third-order valence-electron chi connectivity index (χ3n) is 3.71. The molecule has 1 aromatic rings. The van der Waals surface area contributed by atoms with Crippen molar-refractivity contribution < 1.29 is 19.2 Å². The first-order valence-electron chi connectivity index (χ1n) is 7.89. The zero-order chi connectivity index (χ0) is 18.8. The Balaban J connectivity index is 2.00. The van der Waals surface area contributed by atoms with Gasteiger partial charge in [-0.25, -0.2) is 9.59 Å². The van der Waals surface area contributed by atoms with Crippen molar-refractivity contribution in [2.45, 2.75) is 45.8 Å². The lowest BCUT2D eigenvalue weighted by Crippen LogP contribution is -2.58. The van der Waals surface area contributed by atoms with Gasteiger partial charge in [-0.1, -0.05) is 22.8 Å². The van der Waals surface area contributed by atoms with E-state index in [0.717, 1.165) is 0 Å². The summed E-state index contributed by atoms with van der Waals surface area (Å²) in [6, 6.07) is 4.47. The Bertz CT molecular complexity index is 712. The SMILES string of the molecule is Cc1c(Cl)cccc1C(=O)ON=C(N)[C@@H]1CCN1C(=O)OC(C)(C)C. The van der Waals surface area contributed by atoms with E-state index in [-0.39, 0.29) is 5.84 Å². The fraction of sp³-hybridized carbons (Fsp3) is 0.471. The number of amides is 1. The number of likely N-dealkylation sites (tertiary alicyclic amines) is 1. The number of nitrogens with zero attached hydrogens (tertiary/aromatic N) is 2. The minimum absolute atomic E-state index is 0.0464. The molecule has 1 fully saturated rings. The summed E-state index contributed by atoms with van der Waals surface area (Å²) in [6.07, 6.45) is 0.154. The first kappa shape index (κ1) is 19.1. The Kier molecular flexibility index (Phi) is 5.57. The van der Waals surface area contributed by atoms with Gasteiger partial charge in [0.05, 0.1) is 11.6 Å². The lowest BCUT2D eigenvalue weighted by atomic mass is 10.0. The predicted octanol–water partition coefficient (Wildman–Crippen LogP) is 3.09. The van der Waals surface area contributed by atoms with E-state index in [1.54, 1.807) is 45.9 Å². The van der Waals surface area contributed by atoms with Gasteiger partial charge >= 0.3 is 12.1 Å². The molecule has 1 aliphatic rings. The van der Waals surface area contributed by atoms with E-state index in [9.17, 15) is 9.59 Å². The molecule has 136 valence electrons. The van der Waals surface area contributed by atoms with Crippen molar-refractivity contribution in [2.24, 2.45) is 10.9 Å². The Morgan fingerprint density at radius 1 is 1.36 bits per heavy atom. The molecule has 0 saturated carbocycles. The maximum atomic E-state index is 12.1. The molecule has 1 amide bonds. The number of oxime groups is 1. The van der Waals surface area contributed by atoms with Crippen LogP contribution in [0.2, 0.25) is 5.02 Å². The molecule has 7 nitrogen and oxygen atoms in total. The number of rotatable bonds is 3. The second-order valence-electron chi connectivity index (χ2n) is 6.79. The van der Waals surface area contributed by atoms with Gasteiger partial charge in [0.1, 0.15) is 5.60 Å². The molecular weight excluding hydrogens is 346 g/mol. The van der Waals surface area contributed by atoms with Gasteiger partial charge in [0.15, 0.2) is 5.84 Å². The van der Waals surface area contributed by atoms with Crippen LogP contribution in [0.3, 0.4) is 0 Å². The third-order valence-corrected chi connectivity index (χ3v) is 4.12. The van der Waals surface area contributed by atoms with Crippen LogP contribution in [-0.4, -0.2) is 41.0 Å². The minimum Gasteiger partial charge on any atom is -0.444 e. The van der Waals surface area contributed by atoms with Crippen LogP contribution in [-0.2, 0) is 9.57 Å². The normalized spacial score (nSPS) is 17.7. The summed E-state index contributed by atoms with van der Waals surface area (Å²) in [5.41, 5.74) is 6.17. The van der Waals surface area contributed by atoms with Gasteiger partial charge in [-0.3, -0.25) is 4.90 Å². The van der Waals surface area contributed by atoms with E-state index in [1.807, 2.05) is 0 Å². The van der Waals surface area contributed by atoms with E-state index < -0.39 is 23.7 Å². The van der Waals surface area contributed by atoms with Crippen molar-refractivity contribution >= 4 is 29.5 Å². The molecule has 8 heteroatoms. The van der Waals surface area contributed by atoms with Gasteiger partial charge in [0.2, 0.25) is 0 Å². The highest BCUT2D eigenvalue weighted by Crippen LogP contribution is 2.22. The van der Waals surface area contributed by atoms with Crippen molar-refractivity contribution in [3.63, 3.8) is 0 Å². The average molecular weight is 368 g/mol. The van der Waals surface area contributed by atoms with E-state index in [0.29, 0.717) is 29.1 Å². The van der Waals surface area contributed by atoms with E-state index in [4.69, 9.17) is 26.9 Å². The standard InChI is InChI=1S/C17H22ClN3O4/c1-10-11(6-5-7-12(10)18)15(22)25-20-14(19)13-8-9-21(13)16(23)24-17(2,3)4/h5-7,13H,8-9H2,1-4H3,(H2,19,20)/t13-/m0/s1. The molecule has 0 bridgehead atoms. The molecule has 1 aromatic carbocycles. The van der Waals surface area contributed by atoms with Gasteiger partial charge in [0.25, 0.3) is 0 Å². The number of nitrogens with two attached hydrogens (primary N) is 1. The van der Waals surface area contributed by atoms with Crippen molar-refractivity contribution in [1.82, 2.24) is 4.90 Å². The van der Waals surface area contributed by atoms with Gasteiger partial charge in [-0.2, -0.15) is 0 Å². The second-order valence-corrected chi connectivity index (χ2v) is 7.19. The molecule has 1 heterocycles. The summed E-state index contributed by atoms with van der Waals surface area (Å²) in [5, 5.41) is 4.13. The smallest absolute Gasteiger partial charge is 0.410 e. The summed E-state index contributed by atoms with van der Waals surface area (Å²) in [5.74, 6) is -0.615. The molecule has 0 unspecified atom stereocenters. The second kappa shape index (κ2) is 7.31. The highest BCUT2D eigenvalue weighted by molar-refractivity contribution is 6.31. The molecule has 2 N–H and O–H groups in total. The summed E-state index contributed by atoms with van der Waals surface area (Å²) in [6.45, 7) is 7.57. The number of carbonyl (C=O) groups excluding carboxylic acids is 2. The Morgan fingerprint density at radius 3 is 2.60 bits per heavy atom. The predicted molar refractivity (Wildman–Crippen MR) is 94.6 cm³/mol. The fourth-order valence-corrected chi connectivity index (χ4v) is 2.44. The van der Waals surface area contributed by atoms with Crippen LogP contribution in [0.25, 0.3) is 0 Å². The number of carbonyl (C=O) groups is 2. The summed E-state index contributed by atoms with van der Waals surface area (Å²) < 4.78 is 5.30. The van der Waals surface area contributed by atoms with Crippen LogP contribution < -0.4 is 5.73 Å². The number of benzene rings is 1. The number of hydrogen-bond donors (Lipinski definition) is 1. The van der Waals surface area contributed by atoms with Crippen LogP contribution in [0.5, 0.6) is 0 Å². The van der Waals surface area contributed by atoms with Gasteiger partial charge in [0, 0.05) is 11.6 Å². The van der Waals surface area contributed by atoms with Crippen LogP contribution in [0.1, 0.15) is 43.1 Å². The van der Waals surface area contributed by atoms with Crippen LogP contribution in [0, 0.1) is 6.92 Å². The maximum Gasteiger partial charge on any atom is 0.410 e. The highest BCUT2D eigenvalue weighted by atomic mass is 35.5. The molecule has 0 aliphatic carbocycles. The van der Waals surface area contributed by atoms with E-state index >= 15 is 0 Å². The lowest BCUT2D eigenvalue weighted by molar-refractivity contribution is 0.00484. The highest BCUT2D eigenvalue weighted by Gasteiger charge is 2.38. The molecule has 0 radical (unpaired) electrons. The Hall–Kier alpha value is -2.28. The van der Waals surface area contributed by atoms with E-state index in [2.05, 4.69) is 5.16 Å². The summed E-state index contributed by atoms with van der Waals surface area (Å²) >= 11 is 5.98. The molecular formula is C17H22ClN3O4. The quantitative estimate of drug-likeness (QED) is 0.383. The van der Waals surface area contributed by atoms with Gasteiger partial charge < -0.3 is 15.3 Å². The molecule has 25 heavy (non-hydrogen) atoms. The number of ether oxygens (including phenoxy) is 1. The zero-order valence-electron chi connectivity index (χ0n) is 14.7. The minimum atomic E-state index is -0.661. The fourth-order valence-electron chi connectivity index (χ4n) is 2.27. The van der Waals surface area contributed by atoms with Crippen molar-refractivity contribution in [1.29, 1.82) is 0 Å². The maximum absolute atomic E-state index is 12.1. The molecule has 1 aliphatic heterocycles. The van der Waals surface area contributed by atoms with Crippen molar-refractivity contribution in [3.8, 4) is 0 Å². The largest absolute Gasteiger partial charge is 0.444 e. The zero-order valence-corrected chi connectivity index (χ0v) is 15.5. The van der Waals surface area contributed by atoms with Gasteiger partial charge in [-0.15, -0.1) is 0 Å². The summed E-state index contributed by atoms with van der Waals surface area (Å²) in [7, 11) is 0. The number of amidine groups is 1. The molecule has 2 rings (SSSR count). The summed E-state index contributed by atoms with van der Waals surface area (Å²) in [4.78, 5) is 30.5. The topological polar surface area (TPSA) is 94.2 Å². The Morgan fingerprint density at radius 2 is 2.04 bits per heavy atom. The van der Waals surface area contributed by atoms with Crippen molar-refractivity contribution in [2.75, 3.05) is 6.54 Å². The molecule has 1 atom stereocenters. The first-order valence-corrected chi connectivity index (χ1v) is 8.27. The average Bonchev–Trinajstić information content (AvgIpc) is 2.44. The number of hydrogen-bond acceptors (Lipinski definition) is 5. The molecule has 0 aromatic heterocycles. The molecule has 1 saturated heterocycles. The van der Waals surface area contributed by atoms with Crippen LogP contribution in [0.15, 0.2) is 23.4 Å². The number of halogens is 1.